The molecule has 0 spiro atoms. The fourth-order valence-corrected chi connectivity index (χ4v) is 2.43. The zero-order valence-corrected chi connectivity index (χ0v) is 14.2. The first-order valence-electron chi connectivity index (χ1n) is 7.99. The van der Waals surface area contributed by atoms with Crippen molar-refractivity contribution in [3.8, 4) is 17.3 Å². The third kappa shape index (κ3) is 3.67. The molecular formula is C21H21N3. The third-order valence-corrected chi connectivity index (χ3v) is 3.72. The van der Waals surface area contributed by atoms with Crippen LogP contribution in [0.1, 0.15) is 49.3 Å². The Morgan fingerprint density at radius 2 is 1.92 bits per heavy atom. The van der Waals surface area contributed by atoms with Gasteiger partial charge in [0, 0.05) is 5.56 Å². The molecule has 0 atom stereocenters. The van der Waals surface area contributed by atoms with Gasteiger partial charge in [-0.15, -0.1) is 0 Å². The van der Waals surface area contributed by atoms with Crippen LogP contribution in [-0.2, 0) is 0 Å². The monoisotopic (exact) mass is 315 g/mol. The molecule has 1 aromatic carbocycles. The van der Waals surface area contributed by atoms with Crippen molar-refractivity contribution >= 4 is 17.7 Å². The van der Waals surface area contributed by atoms with Gasteiger partial charge in [-0.3, -0.25) is 0 Å². The molecule has 0 amide bonds. The number of hydrogen-bond acceptors (Lipinski definition) is 3. The molecule has 0 fully saturated rings. The lowest BCUT2D eigenvalue weighted by Crippen LogP contribution is -2.02. The molecule has 3 heteroatoms. The van der Waals surface area contributed by atoms with Crippen molar-refractivity contribution in [2.45, 2.75) is 26.7 Å². The molecule has 24 heavy (non-hydrogen) atoms. The maximum Gasteiger partial charge on any atom is 0.0991 e. The zero-order valence-electron chi connectivity index (χ0n) is 14.2. The largest absolute Gasteiger partial charge is 0.244 e. The molecule has 0 unspecified atom stereocenters. The Morgan fingerprint density at radius 3 is 2.54 bits per heavy atom. The van der Waals surface area contributed by atoms with Gasteiger partial charge in [-0.1, -0.05) is 44.7 Å². The van der Waals surface area contributed by atoms with Crippen molar-refractivity contribution in [2.75, 3.05) is 0 Å². The van der Waals surface area contributed by atoms with E-state index in [1.165, 1.54) is 0 Å². The van der Waals surface area contributed by atoms with E-state index in [4.69, 9.17) is 15.2 Å². The highest BCUT2D eigenvalue weighted by Gasteiger charge is 2.14. The Kier molecular flexibility index (Phi) is 5.81. The number of unbranched alkanes of at least 4 members (excludes halogenated alkanes) is 1. The van der Waals surface area contributed by atoms with Gasteiger partial charge >= 0.3 is 0 Å². The Labute approximate surface area is 143 Å². The molecule has 0 aliphatic heterocycles. The van der Waals surface area contributed by atoms with Crippen molar-refractivity contribution in [3.05, 3.63) is 66.1 Å². The summed E-state index contributed by atoms with van der Waals surface area (Å²) >= 11 is 0. The lowest BCUT2D eigenvalue weighted by molar-refractivity contribution is 0.957. The van der Waals surface area contributed by atoms with Crippen molar-refractivity contribution in [1.82, 2.24) is 9.97 Å². The molecule has 3 nitrogen and oxygen atoms in total. The van der Waals surface area contributed by atoms with Crippen LogP contribution in [0.15, 0.2) is 43.5 Å². The number of aromatic nitrogens is 2. The SMILES string of the molecule is C=Cc1nc(/C(C)=C/CCC)c(-c2cccc(C#N)c2)nc1C=C. The van der Waals surface area contributed by atoms with Gasteiger partial charge in [-0.2, -0.15) is 5.26 Å². The first kappa shape index (κ1) is 17.4. The summed E-state index contributed by atoms with van der Waals surface area (Å²) < 4.78 is 0. The van der Waals surface area contributed by atoms with Crippen LogP contribution in [0.5, 0.6) is 0 Å². The standard InChI is InChI=1S/C21H21N3/c1-5-8-10-15(4)20-21(17-12-9-11-16(13-17)14-22)24-19(7-3)18(6-2)23-20/h6-7,9-13H,2-3,5,8H2,1,4H3/b15-10+. The number of hydrogen-bond donors (Lipinski definition) is 0. The van der Waals surface area contributed by atoms with Gasteiger partial charge in [0.2, 0.25) is 0 Å². The molecule has 0 saturated heterocycles. The van der Waals surface area contributed by atoms with E-state index in [2.05, 4.69) is 32.2 Å². The summed E-state index contributed by atoms with van der Waals surface area (Å²) in [5, 5.41) is 9.16. The summed E-state index contributed by atoms with van der Waals surface area (Å²) in [4.78, 5) is 9.48. The second-order valence-electron chi connectivity index (χ2n) is 5.47. The molecule has 0 N–H and O–H groups in total. The smallest absolute Gasteiger partial charge is 0.0991 e. The summed E-state index contributed by atoms with van der Waals surface area (Å²) in [5.41, 5.74) is 5.53. The minimum atomic E-state index is 0.600. The van der Waals surface area contributed by atoms with E-state index in [9.17, 15) is 0 Å². The maximum atomic E-state index is 9.16. The molecular weight excluding hydrogens is 294 g/mol. The molecule has 2 rings (SSSR count). The van der Waals surface area contributed by atoms with Crippen molar-refractivity contribution in [3.63, 3.8) is 0 Å². The molecule has 2 aromatic rings. The number of rotatable bonds is 6. The van der Waals surface area contributed by atoms with Crippen molar-refractivity contribution < 1.29 is 0 Å². The molecule has 0 aliphatic rings. The highest BCUT2D eigenvalue weighted by molar-refractivity contribution is 5.78. The molecule has 1 heterocycles. The number of benzene rings is 1. The lowest BCUT2D eigenvalue weighted by Gasteiger charge is -2.12. The average Bonchev–Trinajstić information content (AvgIpc) is 2.64. The highest BCUT2D eigenvalue weighted by Crippen LogP contribution is 2.28. The Hall–Kier alpha value is -2.99. The predicted octanol–water partition coefficient (Wildman–Crippen LogP) is 5.50. The van der Waals surface area contributed by atoms with E-state index in [1.54, 1.807) is 18.2 Å². The molecule has 120 valence electrons. The summed E-state index contributed by atoms with van der Waals surface area (Å²) in [6.07, 6.45) is 7.59. The fourth-order valence-electron chi connectivity index (χ4n) is 2.43. The molecule has 0 radical (unpaired) electrons. The van der Waals surface area contributed by atoms with Crippen LogP contribution >= 0.6 is 0 Å². The van der Waals surface area contributed by atoms with E-state index >= 15 is 0 Å². The number of nitriles is 1. The van der Waals surface area contributed by atoms with Crippen LogP contribution in [0.4, 0.5) is 0 Å². The van der Waals surface area contributed by atoms with Gasteiger partial charge < -0.3 is 0 Å². The van der Waals surface area contributed by atoms with Crippen LogP contribution in [-0.4, -0.2) is 9.97 Å². The fraction of sp³-hybridized carbons (Fsp3) is 0.190. The van der Waals surface area contributed by atoms with E-state index in [0.717, 1.165) is 35.4 Å². The van der Waals surface area contributed by atoms with E-state index < -0.39 is 0 Å². The van der Waals surface area contributed by atoms with E-state index in [0.29, 0.717) is 17.0 Å². The van der Waals surface area contributed by atoms with Gasteiger partial charge in [0.25, 0.3) is 0 Å². The minimum absolute atomic E-state index is 0.600. The highest BCUT2D eigenvalue weighted by atomic mass is 14.8. The second kappa shape index (κ2) is 8.03. The summed E-state index contributed by atoms with van der Waals surface area (Å²) in [6.45, 7) is 11.8. The maximum absolute atomic E-state index is 9.16. The van der Waals surface area contributed by atoms with Gasteiger partial charge in [0.05, 0.1) is 34.4 Å². The summed E-state index contributed by atoms with van der Waals surface area (Å²) in [6, 6.07) is 9.59. The van der Waals surface area contributed by atoms with Crippen molar-refractivity contribution in [1.29, 1.82) is 5.26 Å². The van der Waals surface area contributed by atoms with Gasteiger partial charge in [-0.25, -0.2) is 9.97 Å². The topological polar surface area (TPSA) is 49.6 Å². The van der Waals surface area contributed by atoms with Gasteiger partial charge in [0.15, 0.2) is 0 Å². The van der Waals surface area contributed by atoms with Crippen LogP contribution in [0.2, 0.25) is 0 Å². The average molecular weight is 315 g/mol. The van der Waals surface area contributed by atoms with Crippen LogP contribution in [0, 0.1) is 11.3 Å². The minimum Gasteiger partial charge on any atom is -0.244 e. The van der Waals surface area contributed by atoms with Crippen molar-refractivity contribution in [2.24, 2.45) is 0 Å². The Morgan fingerprint density at radius 1 is 1.21 bits per heavy atom. The normalized spacial score (nSPS) is 11.0. The van der Waals surface area contributed by atoms with Gasteiger partial charge in [-0.05, 0) is 43.2 Å². The number of nitrogens with zero attached hydrogens (tertiary/aromatic N) is 3. The molecule has 0 aliphatic carbocycles. The third-order valence-electron chi connectivity index (χ3n) is 3.72. The Balaban J connectivity index is 2.73. The van der Waals surface area contributed by atoms with Crippen LogP contribution < -0.4 is 0 Å². The Bertz CT molecular complexity index is 839. The number of allylic oxidation sites excluding steroid dienone is 2. The van der Waals surface area contributed by atoms with Gasteiger partial charge in [0.1, 0.15) is 0 Å². The first-order valence-corrected chi connectivity index (χ1v) is 7.99. The quantitative estimate of drug-likeness (QED) is 0.706. The summed E-state index contributed by atoms with van der Waals surface area (Å²) in [7, 11) is 0. The van der Waals surface area contributed by atoms with E-state index in [-0.39, 0.29) is 0 Å². The lowest BCUT2D eigenvalue weighted by atomic mass is 10.0. The van der Waals surface area contributed by atoms with Crippen LogP contribution in [0.25, 0.3) is 29.0 Å². The molecule has 0 bridgehead atoms. The summed E-state index contributed by atoms with van der Waals surface area (Å²) in [5.74, 6) is 0. The van der Waals surface area contributed by atoms with Crippen LogP contribution in [0.3, 0.4) is 0 Å². The zero-order chi connectivity index (χ0) is 17.5. The molecule has 1 aromatic heterocycles. The predicted molar refractivity (Wildman–Crippen MR) is 101 cm³/mol. The molecule has 0 saturated carbocycles. The second-order valence-corrected chi connectivity index (χ2v) is 5.47. The van der Waals surface area contributed by atoms with E-state index in [1.807, 2.05) is 25.1 Å². The first-order chi connectivity index (χ1) is 11.6.